The van der Waals surface area contributed by atoms with E-state index >= 15 is 0 Å². The lowest BCUT2D eigenvalue weighted by Crippen LogP contribution is -2.33. The number of thioether (sulfide) groups is 1. The molecule has 0 radical (unpaired) electrons. The van der Waals surface area contributed by atoms with Crippen LogP contribution in [0, 0.1) is 5.92 Å². The summed E-state index contributed by atoms with van der Waals surface area (Å²) in [6, 6.07) is 0. The highest BCUT2D eigenvalue weighted by molar-refractivity contribution is 8.01. The molecular weight excluding hydrogens is 232 g/mol. The number of rotatable bonds is 4. The Hall–Kier alpha value is -0.440. The zero-order valence-electron chi connectivity index (χ0n) is 11.6. The number of carbonyl (C=O) groups is 1. The lowest BCUT2D eigenvalue weighted by atomic mass is 9.82. The van der Waals surface area contributed by atoms with E-state index in [9.17, 15) is 4.79 Å². The van der Waals surface area contributed by atoms with Crippen molar-refractivity contribution in [1.29, 1.82) is 0 Å². The van der Waals surface area contributed by atoms with Crippen molar-refractivity contribution in [2.24, 2.45) is 5.92 Å². The van der Waals surface area contributed by atoms with Crippen LogP contribution in [0.15, 0.2) is 11.6 Å². The van der Waals surface area contributed by atoms with Gasteiger partial charge in [-0.15, -0.1) is 11.8 Å². The van der Waals surface area contributed by atoms with Crippen LogP contribution in [0.2, 0.25) is 0 Å². The first kappa shape index (κ1) is 14.6. The zero-order valence-corrected chi connectivity index (χ0v) is 12.4. The second-order valence-corrected chi connectivity index (χ2v) is 7.40. The highest BCUT2D eigenvalue weighted by Gasteiger charge is 2.34. The van der Waals surface area contributed by atoms with Crippen LogP contribution >= 0.6 is 11.8 Å². The van der Waals surface area contributed by atoms with E-state index in [0.29, 0.717) is 5.92 Å². The number of hydrogen-bond acceptors (Lipinski definition) is 3. The molecule has 0 aliphatic heterocycles. The molecule has 0 amide bonds. The molecule has 0 saturated carbocycles. The minimum Gasteiger partial charge on any atom is -0.468 e. The van der Waals surface area contributed by atoms with Gasteiger partial charge in [-0.05, 0) is 39.0 Å². The maximum Gasteiger partial charge on any atom is 0.318 e. The van der Waals surface area contributed by atoms with E-state index < -0.39 is 0 Å². The van der Waals surface area contributed by atoms with Crippen LogP contribution < -0.4 is 0 Å². The largest absolute Gasteiger partial charge is 0.468 e. The van der Waals surface area contributed by atoms with Crippen LogP contribution in [0.1, 0.15) is 47.0 Å². The van der Waals surface area contributed by atoms with Crippen LogP contribution in [0.5, 0.6) is 0 Å². The molecular formula is C14H24O2S. The van der Waals surface area contributed by atoms with E-state index in [2.05, 4.69) is 26.8 Å². The quantitative estimate of drug-likeness (QED) is 0.565. The number of carbonyl (C=O) groups excluding carboxylic acids is 1. The summed E-state index contributed by atoms with van der Waals surface area (Å²) in [5.74, 6) is 0.536. The monoisotopic (exact) mass is 256 g/mol. The molecule has 0 aromatic rings. The van der Waals surface area contributed by atoms with Gasteiger partial charge >= 0.3 is 5.97 Å². The Labute approximate surface area is 109 Å². The molecule has 2 nitrogen and oxygen atoms in total. The Bertz CT molecular complexity index is 307. The van der Waals surface area contributed by atoms with Crippen LogP contribution in [0.25, 0.3) is 0 Å². The van der Waals surface area contributed by atoms with E-state index in [1.807, 2.05) is 6.92 Å². The molecule has 0 bridgehead atoms. The van der Waals surface area contributed by atoms with Crippen LogP contribution in [0.3, 0.4) is 0 Å². The molecule has 0 aromatic heterocycles. The van der Waals surface area contributed by atoms with E-state index in [0.717, 1.165) is 6.42 Å². The normalized spacial score (nSPS) is 22.9. The van der Waals surface area contributed by atoms with Gasteiger partial charge in [0.2, 0.25) is 0 Å². The van der Waals surface area contributed by atoms with Crippen molar-refractivity contribution in [3.63, 3.8) is 0 Å². The van der Waals surface area contributed by atoms with Gasteiger partial charge in [0.25, 0.3) is 0 Å². The third-order valence-corrected chi connectivity index (χ3v) is 5.12. The van der Waals surface area contributed by atoms with E-state index in [1.165, 1.54) is 25.5 Å². The van der Waals surface area contributed by atoms with Gasteiger partial charge in [-0.3, -0.25) is 4.79 Å². The van der Waals surface area contributed by atoms with E-state index in [4.69, 9.17) is 4.74 Å². The molecule has 1 aliphatic carbocycles. The zero-order chi connectivity index (χ0) is 13.1. The highest BCUT2D eigenvalue weighted by Crippen LogP contribution is 2.42. The summed E-state index contributed by atoms with van der Waals surface area (Å²) in [6.45, 7) is 8.63. The summed E-state index contributed by atoms with van der Waals surface area (Å²) in [4.78, 5) is 11.5. The van der Waals surface area contributed by atoms with Gasteiger partial charge in [-0.1, -0.05) is 25.5 Å². The maximum atomic E-state index is 11.5. The first-order valence-corrected chi connectivity index (χ1v) is 7.16. The molecule has 2 unspecified atom stereocenters. The summed E-state index contributed by atoms with van der Waals surface area (Å²) in [6.07, 6.45) is 5.91. The number of esters is 1. The number of allylic oxidation sites excluding steroid dienone is 2. The first-order valence-electron chi connectivity index (χ1n) is 6.28. The van der Waals surface area contributed by atoms with Gasteiger partial charge in [0.15, 0.2) is 0 Å². The van der Waals surface area contributed by atoms with Gasteiger partial charge in [0.05, 0.1) is 7.11 Å². The first-order chi connectivity index (χ1) is 7.86. The van der Waals surface area contributed by atoms with Gasteiger partial charge in [-0.25, -0.2) is 0 Å². The van der Waals surface area contributed by atoms with Crippen LogP contribution in [-0.2, 0) is 9.53 Å². The standard InChI is InChI=1S/C14H24O2S/c1-10-6-8-12(9-7-10)14(3,4)17-11(2)13(15)16-5/h6,11-12H,7-9H2,1-5H3. The van der Waals surface area contributed by atoms with E-state index in [-0.39, 0.29) is 16.0 Å². The van der Waals surface area contributed by atoms with Crippen molar-refractivity contribution in [1.82, 2.24) is 0 Å². The third-order valence-electron chi connectivity index (χ3n) is 3.63. The van der Waals surface area contributed by atoms with Gasteiger partial charge in [0, 0.05) is 4.75 Å². The molecule has 0 saturated heterocycles. The average Bonchev–Trinajstić information content (AvgIpc) is 2.27. The van der Waals surface area contributed by atoms with Crippen molar-refractivity contribution < 1.29 is 9.53 Å². The van der Waals surface area contributed by atoms with Gasteiger partial charge < -0.3 is 4.74 Å². The summed E-state index contributed by atoms with van der Waals surface area (Å²) in [5, 5.41) is -0.0815. The summed E-state index contributed by atoms with van der Waals surface area (Å²) in [5.41, 5.74) is 1.50. The lowest BCUT2D eigenvalue weighted by molar-refractivity contribution is -0.139. The van der Waals surface area contributed by atoms with Crippen molar-refractivity contribution >= 4 is 17.7 Å². The number of ether oxygens (including phenoxy) is 1. The second kappa shape index (κ2) is 5.94. The SMILES string of the molecule is COC(=O)C(C)SC(C)(C)C1CC=C(C)CC1. The topological polar surface area (TPSA) is 26.3 Å². The maximum absolute atomic E-state index is 11.5. The minimum absolute atomic E-state index is 0.0815. The highest BCUT2D eigenvalue weighted by atomic mass is 32.2. The Kier molecular flexibility index (Phi) is 5.11. The lowest BCUT2D eigenvalue weighted by Gasteiger charge is -2.37. The Morgan fingerprint density at radius 2 is 2.24 bits per heavy atom. The molecule has 1 aliphatic rings. The molecule has 0 N–H and O–H groups in total. The molecule has 0 aromatic carbocycles. The fourth-order valence-electron chi connectivity index (χ4n) is 2.36. The van der Waals surface area contributed by atoms with Crippen molar-refractivity contribution in [2.75, 3.05) is 7.11 Å². The molecule has 0 heterocycles. The Balaban J connectivity index is 2.59. The average molecular weight is 256 g/mol. The number of hydrogen-bond donors (Lipinski definition) is 0. The molecule has 2 atom stereocenters. The Morgan fingerprint density at radius 3 is 2.71 bits per heavy atom. The molecule has 17 heavy (non-hydrogen) atoms. The van der Waals surface area contributed by atoms with Crippen molar-refractivity contribution in [2.45, 2.75) is 57.0 Å². The smallest absolute Gasteiger partial charge is 0.318 e. The van der Waals surface area contributed by atoms with Crippen LogP contribution in [0.4, 0.5) is 0 Å². The van der Waals surface area contributed by atoms with Gasteiger partial charge in [-0.2, -0.15) is 0 Å². The fraction of sp³-hybridized carbons (Fsp3) is 0.786. The van der Waals surface area contributed by atoms with Crippen LogP contribution in [-0.4, -0.2) is 23.1 Å². The molecule has 0 spiro atoms. The molecule has 98 valence electrons. The summed E-state index contributed by atoms with van der Waals surface area (Å²) < 4.78 is 4.92. The summed E-state index contributed by atoms with van der Waals surface area (Å²) in [7, 11) is 1.46. The summed E-state index contributed by atoms with van der Waals surface area (Å²) >= 11 is 1.74. The molecule has 1 rings (SSSR count). The van der Waals surface area contributed by atoms with Crippen molar-refractivity contribution in [3.8, 4) is 0 Å². The minimum atomic E-state index is -0.120. The predicted molar refractivity (Wildman–Crippen MR) is 74.2 cm³/mol. The number of methoxy groups -OCH3 is 1. The van der Waals surface area contributed by atoms with Gasteiger partial charge in [0.1, 0.15) is 5.25 Å². The van der Waals surface area contributed by atoms with E-state index in [1.54, 1.807) is 11.8 Å². The Morgan fingerprint density at radius 1 is 1.59 bits per heavy atom. The van der Waals surface area contributed by atoms with Crippen molar-refractivity contribution in [3.05, 3.63) is 11.6 Å². The third kappa shape index (κ3) is 4.06. The predicted octanol–water partition coefficient (Wildman–Crippen LogP) is 3.81. The second-order valence-electron chi connectivity index (χ2n) is 5.41. The molecule has 0 fully saturated rings. The molecule has 3 heteroatoms. The fourth-order valence-corrected chi connectivity index (χ4v) is 3.87.